The summed E-state index contributed by atoms with van der Waals surface area (Å²) < 4.78 is 0. The number of aryl methyl sites for hydroxylation is 1. The van der Waals surface area contributed by atoms with E-state index in [-0.39, 0.29) is 5.75 Å². The summed E-state index contributed by atoms with van der Waals surface area (Å²) in [4.78, 5) is 0. The Hall–Kier alpha value is -0.730. The normalized spacial score (nSPS) is 18.7. The van der Waals surface area contributed by atoms with Crippen LogP contribution in [0.2, 0.25) is 5.02 Å². The molecule has 1 aliphatic rings. The Morgan fingerprint density at radius 2 is 2.00 bits per heavy atom. The molecule has 0 spiro atoms. The topological polar surface area (TPSA) is 40.5 Å². The third kappa shape index (κ3) is 1.30. The highest BCUT2D eigenvalue weighted by Gasteiger charge is 2.45. The lowest BCUT2D eigenvalue weighted by Gasteiger charge is -2.13. The maximum absolute atomic E-state index is 9.84. The average molecular weight is 199 g/mol. The van der Waals surface area contributed by atoms with E-state index in [9.17, 15) is 10.2 Å². The summed E-state index contributed by atoms with van der Waals surface area (Å²) in [6.45, 7) is 1.79. The van der Waals surface area contributed by atoms with Gasteiger partial charge in [0.15, 0.2) is 0 Å². The van der Waals surface area contributed by atoms with Crippen LogP contribution in [-0.4, -0.2) is 10.2 Å². The van der Waals surface area contributed by atoms with Gasteiger partial charge in [-0.25, -0.2) is 0 Å². The Morgan fingerprint density at radius 3 is 2.54 bits per heavy atom. The molecular weight excluding hydrogens is 188 g/mol. The van der Waals surface area contributed by atoms with Crippen molar-refractivity contribution in [2.45, 2.75) is 25.4 Å². The third-order valence-corrected chi connectivity index (χ3v) is 2.83. The minimum atomic E-state index is -0.868. The van der Waals surface area contributed by atoms with Crippen LogP contribution in [0, 0.1) is 6.92 Å². The quantitative estimate of drug-likeness (QED) is 0.727. The monoisotopic (exact) mass is 198 g/mol. The van der Waals surface area contributed by atoms with E-state index in [1.165, 1.54) is 0 Å². The van der Waals surface area contributed by atoms with E-state index < -0.39 is 5.60 Å². The first-order valence-electron chi connectivity index (χ1n) is 4.25. The van der Waals surface area contributed by atoms with E-state index in [1.807, 2.05) is 0 Å². The molecule has 3 heteroatoms. The molecule has 0 aliphatic heterocycles. The number of rotatable bonds is 1. The number of halogens is 1. The van der Waals surface area contributed by atoms with Crippen LogP contribution in [0.25, 0.3) is 0 Å². The van der Waals surface area contributed by atoms with Crippen LogP contribution in [0.15, 0.2) is 12.1 Å². The molecule has 1 saturated carbocycles. The van der Waals surface area contributed by atoms with Crippen LogP contribution in [0.5, 0.6) is 5.75 Å². The Labute approximate surface area is 81.8 Å². The van der Waals surface area contributed by atoms with E-state index in [4.69, 9.17) is 11.6 Å². The number of benzene rings is 1. The molecule has 0 unspecified atom stereocenters. The molecule has 0 heterocycles. The van der Waals surface area contributed by atoms with Gasteiger partial charge in [0.05, 0.1) is 10.6 Å². The van der Waals surface area contributed by atoms with E-state index >= 15 is 0 Å². The maximum Gasteiger partial charge on any atom is 0.126 e. The zero-order chi connectivity index (χ0) is 9.64. The van der Waals surface area contributed by atoms with Crippen molar-refractivity contribution in [1.29, 1.82) is 0 Å². The number of hydrogen-bond donors (Lipinski definition) is 2. The molecule has 1 aliphatic carbocycles. The van der Waals surface area contributed by atoms with Crippen LogP contribution in [0.3, 0.4) is 0 Å². The van der Waals surface area contributed by atoms with Gasteiger partial charge in [0.2, 0.25) is 0 Å². The van der Waals surface area contributed by atoms with E-state index in [1.54, 1.807) is 19.1 Å². The minimum Gasteiger partial charge on any atom is -0.507 e. The SMILES string of the molecule is Cc1ccc(Cl)c(C2(O)CC2)c1O. The Bertz CT molecular complexity index is 356. The van der Waals surface area contributed by atoms with Gasteiger partial charge in [-0.3, -0.25) is 0 Å². The fourth-order valence-electron chi connectivity index (χ4n) is 1.48. The summed E-state index contributed by atoms with van der Waals surface area (Å²) in [5, 5.41) is 20.0. The molecule has 70 valence electrons. The second-order valence-electron chi connectivity index (χ2n) is 3.62. The Kier molecular flexibility index (Phi) is 1.79. The molecule has 13 heavy (non-hydrogen) atoms. The van der Waals surface area contributed by atoms with Gasteiger partial charge in [0, 0.05) is 5.56 Å². The van der Waals surface area contributed by atoms with E-state index in [2.05, 4.69) is 0 Å². The van der Waals surface area contributed by atoms with Crippen molar-refractivity contribution in [3.63, 3.8) is 0 Å². The molecule has 2 nitrogen and oxygen atoms in total. The van der Waals surface area contributed by atoms with Crippen LogP contribution in [0.4, 0.5) is 0 Å². The number of aliphatic hydroxyl groups is 1. The van der Waals surface area contributed by atoms with Crippen molar-refractivity contribution in [2.24, 2.45) is 0 Å². The summed E-state index contributed by atoms with van der Waals surface area (Å²) in [6, 6.07) is 3.45. The van der Waals surface area contributed by atoms with Gasteiger partial charge in [-0.2, -0.15) is 0 Å². The summed E-state index contributed by atoms with van der Waals surface area (Å²) in [5.41, 5.74) is 0.376. The Morgan fingerprint density at radius 1 is 1.38 bits per heavy atom. The molecule has 2 N–H and O–H groups in total. The first-order chi connectivity index (χ1) is 6.04. The van der Waals surface area contributed by atoms with Crippen molar-refractivity contribution in [2.75, 3.05) is 0 Å². The largest absolute Gasteiger partial charge is 0.507 e. The molecule has 1 fully saturated rings. The van der Waals surface area contributed by atoms with E-state index in [0.29, 0.717) is 23.4 Å². The van der Waals surface area contributed by atoms with Gasteiger partial charge in [0.1, 0.15) is 5.75 Å². The fraction of sp³-hybridized carbons (Fsp3) is 0.400. The van der Waals surface area contributed by atoms with Gasteiger partial charge in [-0.1, -0.05) is 17.7 Å². The highest BCUT2D eigenvalue weighted by Crippen LogP contribution is 2.51. The summed E-state index contributed by atoms with van der Waals surface area (Å²) >= 11 is 5.91. The number of aromatic hydroxyl groups is 1. The molecule has 0 bridgehead atoms. The van der Waals surface area contributed by atoms with Crippen molar-refractivity contribution in [1.82, 2.24) is 0 Å². The van der Waals surface area contributed by atoms with Crippen LogP contribution in [-0.2, 0) is 5.60 Å². The number of phenolic OH excluding ortho intramolecular Hbond substituents is 1. The van der Waals surface area contributed by atoms with Crippen molar-refractivity contribution in [3.8, 4) is 5.75 Å². The van der Waals surface area contributed by atoms with Gasteiger partial charge in [-0.05, 0) is 31.4 Å². The molecule has 1 aromatic rings. The molecule has 2 rings (SSSR count). The standard InChI is InChI=1S/C10H11ClO2/c1-6-2-3-7(11)8(9(6)12)10(13)4-5-10/h2-3,12-13H,4-5H2,1H3. The zero-order valence-corrected chi connectivity index (χ0v) is 8.10. The zero-order valence-electron chi connectivity index (χ0n) is 7.34. The second kappa shape index (κ2) is 2.63. The highest BCUT2D eigenvalue weighted by molar-refractivity contribution is 6.31. The predicted molar refractivity (Wildman–Crippen MR) is 51.0 cm³/mol. The van der Waals surface area contributed by atoms with Crippen molar-refractivity contribution >= 4 is 11.6 Å². The van der Waals surface area contributed by atoms with Crippen LogP contribution in [0.1, 0.15) is 24.0 Å². The third-order valence-electron chi connectivity index (χ3n) is 2.52. The molecule has 0 saturated heterocycles. The average Bonchev–Trinajstić information content (AvgIpc) is 2.78. The van der Waals surface area contributed by atoms with Crippen molar-refractivity contribution in [3.05, 3.63) is 28.3 Å². The summed E-state index contributed by atoms with van der Waals surface area (Å²) in [6.07, 6.45) is 1.37. The molecule has 0 aromatic heterocycles. The van der Waals surface area contributed by atoms with Crippen LogP contribution >= 0.6 is 11.6 Å². The highest BCUT2D eigenvalue weighted by atomic mass is 35.5. The van der Waals surface area contributed by atoms with Gasteiger partial charge >= 0.3 is 0 Å². The maximum atomic E-state index is 9.84. The lowest BCUT2D eigenvalue weighted by molar-refractivity contribution is 0.148. The second-order valence-corrected chi connectivity index (χ2v) is 4.03. The Balaban J connectivity index is 2.61. The molecular formula is C10H11ClO2. The summed E-state index contributed by atoms with van der Waals surface area (Å²) in [7, 11) is 0. The summed E-state index contributed by atoms with van der Waals surface area (Å²) in [5.74, 6) is 0.132. The molecule has 0 amide bonds. The molecule has 1 aromatic carbocycles. The fourth-order valence-corrected chi connectivity index (χ4v) is 1.81. The minimum absolute atomic E-state index is 0.132. The van der Waals surface area contributed by atoms with Crippen molar-refractivity contribution < 1.29 is 10.2 Å². The lowest BCUT2D eigenvalue weighted by Crippen LogP contribution is -2.06. The molecule has 0 atom stereocenters. The van der Waals surface area contributed by atoms with Gasteiger partial charge in [-0.15, -0.1) is 0 Å². The van der Waals surface area contributed by atoms with Crippen LogP contribution < -0.4 is 0 Å². The first kappa shape index (κ1) is 8.85. The first-order valence-corrected chi connectivity index (χ1v) is 4.63. The number of phenols is 1. The predicted octanol–water partition coefficient (Wildman–Crippen LogP) is 2.34. The molecule has 0 radical (unpaired) electrons. The van der Waals surface area contributed by atoms with Gasteiger partial charge < -0.3 is 10.2 Å². The lowest BCUT2D eigenvalue weighted by atomic mass is 10.0. The van der Waals surface area contributed by atoms with Gasteiger partial charge in [0.25, 0.3) is 0 Å². The van der Waals surface area contributed by atoms with E-state index in [0.717, 1.165) is 5.56 Å². The smallest absolute Gasteiger partial charge is 0.126 e. The number of hydrogen-bond acceptors (Lipinski definition) is 2.